The van der Waals surface area contributed by atoms with Gasteiger partial charge in [0.25, 0.3) is 0 Å². The van der Waals surface area contributed by atoms with E-state index in [9.17, 15) is 47.0 Å². The minimum absolute atomic E-state index is 0.0828. The minimum atomic E-state index is -4.62. The largest absolute Gasteiger partial charge is 0.480 e. The Bertz CT molecular complexity index is 2020. The number of alkyl halides is 3. The average molecular weight is 802 g/mol. The Hall–Kier alpha value is -6.25. The summed E-state index contributed by atoms with van der Waals surface area (Å²) in [6.07, 6.45) is 1.74. The van der Waals surface area contributed by atoms with Gasteiger partial charge in [0.15, 0.2) is 0 Å². The van der Waals surface area contributed by atoms with Crippen molar-refractivity contribution in [2.45, 2.75) is 88.6 Å². The topological polar surface area (TPSA) is 183 Å². The van der Waals surface area contributed by atoms with Crippen molar-refractivity contribution in [2.24, 2.45) is 5.92 Å². The van der Waals surface area contributed by atoms with Gasteiger partial charge in [0, 0.05) is 37.8 Å². The Morgan fingerprint density at radius 1 is 0.741 bits per heavy atom. The number of amides is 5. The molecule has 2 aliphatic heterocycles. The Morgan fingerprint density at radius 3 is 1.97 bits per heavy atom. The van der Waals surface area contributed by atoms with Crippen molar-refractivity contribution in [3.05, 3.63) is 125 Å². The van der Waals surface area contributed by atoms with Crippen molar-refractivity contribution in [1.29, 1.82) is 0 Å². The molecule has 3 aliphatic rings. The van der Waals surface area contributed by atoms with Crippen LogP contribution in [0.15, 0.2) is 103 Å². The highest BCUT2D eigenvalue weighted by molar-refractivity contribution is 5.97. The van der Waals surface area contributed by atoms with Gasteiger partial charge in [0.2, 0.25) is 29.5 Å². The average Bonchev–Trinajstić information content (AvgIpc) is 3.66. The molecule has 0 radical (unpaired) electrons. The van der Waals surface area contributed by atoms with Crippen molar-refractivity contribution in [1.82, 2.24) is 21.3 Å². The molecule has 3 aromatic rings. The van der Waals surface area contributed by atoms with E-state index in [0.29, 0.717) is 29.7 Å². The molecule has 5 atom stereocenters. The van der Waals surface area contributed by atoms with E-state index < -0.39 is 77.3 Å². The maximum Gasteiger partial charge on any atom is 0.416 e. The van der Waals surface area contributed by atoms with Gasteiger partial charge >= 0.3 is 12.1 Å². The van der Waals surface area contributed by atoms with Crippen LogP contribution in [0, 0.1) is 5.92 Å². The number of hydrogen-bond acceptors (Lipinski definition) is 6. The Labute approximate surface area is 333 Å². The van der Waals surface area contributed by atoms with Gasteiger partial charge < -0.3 is 31.7 Å². The first kappa shape index (κ1) is 42.9. The van der Waals surface area contributed by atoms with Gasteiger partial charge in [-0.2, -0.15) is 13.2 Å². The van der Waals surface area contributed by atoms with E-state index in [1.54, 1.807) is 54.6 Å². The first-order valence-corrected chi connectivity index (χ1v) is 19.1. The number of hydrogen-bond donors (Lipinski definition) is 6. The highest BCUT2D eigenvalue weighted by atomic mass is 19.4. The standard InChI is InChI=1S/C43H46F3N5O7/c1-2-3-7-27-10-15-30(22-27)38-41(56)49-34(24-28-11-16-31(17-12-28)43(44,45)46)39(54)48-33(23-26-8-5-4-6-9-26)40(55)50-35(42(57)58)25-29-13-18-32(19-14-29)47-36(52)20-21-37(53)51-38/h3-14,16-19,30,33-35,38H,2,15,20-25H2,1H3,(H,47,52)(H,48,54)(H,49,56)(H,50,55)(H,51,53)(H,57,58)/b7-3-/t30?,33-,34+,35+,38-/m1/s1. The zero-order valence-corrected chi connectivity index (χ0v) is 31.8. The molecule has 0 saturated carbocycles. The predicted octanol–water partition coefficient (Wildman–Crippen LogP) is 4.79. The molecule has 6 N–H and O–H groups in total. The second-order valence-electron chi connectivity index (χ2n) is 14.4. The van der Waals surface area contributed by atoms with Crippen LogP contribution < -0.4 is 26.6 Å². The summed E-state index contributed by atoms with van der Waals surface area (Å²) in [5, 5.41) is 23.4. The van der Waals surface area contributed by atoms with Crippen LogP contribution in [0.1, 0.15) is 61.3 Å². The fourth-order valence-corrected chi connectivity index (χ4v) is 6.82. The third-order valence-corrected chi connectivity index (χ3v) is 9.96. The number of rotatable bonds is 8. The quantitative estimate of drug-likeness (QED) is 0.177. The molecule has 1 aliphatic carbocycles. The van der Waals surface area contributed by atoms with Crippen LogP contribution in [0.2, 0.25) is 0 Å². The molecule has 0 saturated heterocycles. The van der Waals surface area contributed by atoms with Crippen LogP contribution in [-0.4, -0.2) is 64.8 Å². The van der Waals surface area contributed by atoms with Crippen molar-refractivity contribution >= 4 is 41.2 Å². The Balaban J connectivity index is 1.52. The maximum atomic E-state index is 14.3. The van der Waals surface area contributed by atoms with Gasteiger partial charge in [-0.25, -0.2) is 4.79 Å². The third-order valence-electron chi connectivity index (χ3n) is 9.96. The van der Waals surface area contributed by atoms with Gasteiger partial charge in [0.05, 0.1) is 5.56 Å². The normalized spacial score (nSPS) is 22.9. The molecule has 306 valence electrons. The molecule has 5 amide bonds. The van der Waals surface area contributed by atoms with Crippen LogP contribution in [0.25, 0.3) is 0 Å². The zero-order chi connectivity index (χ0) is 41.8. The highest BCUT2D eigenvalue weighted by Crippen LogP contribution is 2.30. The number of halogens is 3. The lowest BCUT2D eigenvalue weighted by molar-refractivity contribution is -0.142. The van der Waals surface area contributed by atoms with E-state index in [1.165, 1.54) is 12.1 Å². The van der Waals surface area contributed by atoms with Crippen LogP contribution >= 0.6 is 0 Å². The number of carboxylic acid groups (broad SMARTS) is 1. The summed E-state index contributed by atoms with van der Waals surface area (Å²) in [4.78, 5) is 81.1. The first-order valence-electron chi connectivity index (χ1n) is 19.1. The number of carbonyl (C=O) groups is 6. The van der Waals surface area contributed by atoms with Gasteiger partial charge in [-0.05, 0) is 66.1 Å². The number of carbonyl (C=O) groups excluding carboxylic acids is 5. The molecule has 1 unspecified atom stereocenters. The second-order valence-corrected chi connectivity index (χ2v) is 14.4. The number of carboxylic acids is 1. The molecular formula is C43H46F3N5O7. The number of aliphatic carboxylic acids is 1. The first-order chi connectivity index (χ1) is 27.7. The van der Waals surface area contributed by atoms with E-state index in [2.05, 4.69) is 26.6 Å². The van der Waals surface area contributed by atoms with E-state index in [-0.39, 0.29) is 37.7 Å². The molecule has 12 nitrogen and oxygen atoms in total. The lowest BCUT2D eigenvalue weighted by Gasteiger charge is -2.28. The number of nitrogens with one attached hydrogen (secondary N) is 5. The Morgan fingerprint density at radius 2 is 1.34 bits per heavy atom. The molecule has 0 spiro atoms. The molecule has 58 heavy (non-hydrogen) atoms. The third kappa shape index (κ3) is 12.4. The molecule has 0 fully saturated rings. The van der Waals surface area contributed by atoms with E-state index in [0.717, 1.165) is 24.1 Å². The van der Waals surface area contributed by atoms with Gasteiger partial charge in [-0.1, -0.05) is 85.3 Å². The monoisotopic (exact) mass is 801 g/mol. The molecule has 0 aromatic heterocycles. The smallest absolute Gasteiger partial charge is 0.416 e. The van der Waals surface area contributed by atoms with Crippen LogP contribution in [0.5, 0.6) is 0 Å². The lowest BCUT2D eigenvalue weighted by atomic mass is 9.93. The Kier molecular flexibility index (Phi) is 14.6. The SMILES string of the molecule is CC/C=C\C1=CCC([C@H]2NC(=O)CCC(=O)Nc3ccc(cc3)C[C@@H](C(=O)O)NC(=O)[C@@H](Cc3ccccc3)NC(=O)[C@H](Cc3ccc(C(F)(F)F)cc3)NC2=O)C1. The van der Waals surface area contributed by atoms with Crippen molar-refractivity contribution in [2.75, 3.05) is 5.32 Å². The molecule has 2 heterocycles. The van der Waals surface area contributed by atoms with Gasteiger partial charge in [0.1, 0.15) is 24.2 Å². The molecule has 15 heteroatoms. The zero-order valence-electron chi connectivity index (χ0n) is 31.8. The molecular weight excluding hydrogens is 755 g/mol. The second kappa shape index (κ2) is 19.7. The lowest BCUT2D eigenvalue weighted by Crippen LogP contribution is -2.59. The van der Waals surface area contributed by atoms with E-state index >= 15 is 0 Å². The van der Waals surface area contributed by atoms with Crippen LogP contribution in [-0.2, 0) is 54.2 Å². The fraction of sp³-hybridized carbons (Fsp3) is 0.349. The summed E-state index contributed by atoms with van der Waals surface area (Å²) in [5.74, 6) is -5.36. The van der Waals surface area contributed by atoms with E-state index in [1.807, 2.05) is 25.2 Å². The minimum Gasteiger partial charge on any atom is -0.480 e. The summed E-state index contributed by atoms with van der Waals surface area (Å²) in [6, 6.07) is 13.5. The van der Waals surface area contributed by atoms with Crippen LogP contribution in [0.3, 0.4) is 0 Å². The summed E-state index contributed by atoms with van der Waals surface area (Å²) >= 11 is 0. The summed E-state index contributed by atoms with van der Waals surface area (Å²) < 4.78 is 40.3. The summed E-state index contributed by atoms with van der Waals surface area (Å²) in [7, 11) is 0. The number of benzene rings is 3. The summed E-state index contributed by atoms with van der Waals surface area (Å²) in [5.41, 5.74) is 1.79. The molecule has 3 aromatic carbocycles. The highest BCUT2D eigenvalue weighted by Gasteiger charge is 2.36. The number of anilines is 1. The number of fused-ring (bicyclic) bond motifs is 18. The van der Waals surface area contributed by atoms with Crippen LogP contribution in [0.4, 0.5) is 18.9 Å². The summed E-state index contributed by atoms with van der Waals surface area (Å²) in [6.45, 7) is 1.97. The van der Waals surface area contributed by atoms with Crippen molar-refractivity contribution < 1.29 is 47.0 Å². The van der Waals surface area contributed by atoms with E-state index in [4.69, 9.17) is 0 Å². The van der Waals surface area contributed by atoms with Gasteiger partial charge in [-0.3, -0.25) is 24.0 Å². The predicted molar refractivity (Wildman–Crippen MR) is 209 cm³/mol. The van der Waals surface area contributed by atoms with Gasteiger partial charge in [-0.15, -0.1) is 0 Å². The maximum absolute atomic E-state index is 14.3. The molecule has 2 bridgehead atoms. The fourth-order valence-electron chi connectivity index (χ4n) is 6.82. The van der Waals surface area contributed by atoms with Crippen molar-refractivity contribution in [3.8, 4) is 0 Å². The number of allylic oxidation sites excluding steroid dienone is 4. The molecule has 6 rings (SSSR count). The van der Waals surface area contributed by atoms with Crippen molar-refractivity contribution in [3.63, 3.8) is 0 Å².